The topological polar surface area (TPSA) is 52.5 Å². The molecule has 2 aromatic carbocycles. The van der Waals surface area contributed by atoms with Gasteiger partial charge in [0.05, 0.1) is 46.7 Å². The fraction of sp³-hybridized carbons (Fsp3) is 0.350. The SMILES string of the molecule is COc1cc(/C=N\N2CCOCC2)cc(OC)c1OCc1ccccc1. The van der Waals surface area contributed by atoms with Crippen molar-refractivity contribution < 1.29 is 18.9 Å². The Labute approximate surface area is 153 Å². The summed E-state index contributed by atoms with van der Waals surface area (Å²) < 4.78 is 22.3. The average Bonchev–Trinajstić information content (AvgIpc) is 2.72. The summed E-state index contributed by atoms with van der Waals surface area (Å²) >= 11 is 0. The summed E-state index contributed by atoms with van der Waals surface area (Å²) in [6, 6.07) is 13.8. The highest BCUT2D eigenvalue weighted by molar-refractivity contribution is 5.82. The van der Waals surface area contributed by atoms with Crippen LogP contribution in [0.4, 0.5) is 0 Å². The minimum absolute atomic E-state index is 0.439. The van der Waals surface area contributed by atoms with Gasteiger partial charge in [0.15, 0.2) is 11.5 Å². The van der Waals surface area contributed by atoms with Gasteiger partial charge in [-0.3, -0.25) is 5.01 Å². The molecule has 26 heavy (non-hydrogen) atoms. The maximum Gasteiger partial charge on any atom is 0.203 e. The van der Waals surface area contributed by atoms with Crippen LogP contribution in [0.15, 0.2) is 47.6 Å². The molecule has 0 atom stereocenters. The number of hydrogen-bond acceptors (Lipinski definition) is 6. The number of benzene rings is 2. The van der Waals surface area contributed by atoms with Crippen LogP contribution in [0, 0.1) is 0 Å². The quantitative estimate of drug-likeness (QED) is 0.714. The van der Waals surface area contributed by atoms with Gasteiger partial charge in [0.25, 0.3) is 0 Å². The standard InChI is InChI=1S/C20H24N2O4/c1-23-18-12-17(14-21-22-8-10-25-11-9-22)13-19(24-2)20(18)26-15-16-6-4-3-5-7-16/h3-7,12-14H,8-11,15H2,1-2H3/b21-14-. The van der Waals surface area contributed by atoms with Crippen molar-refractivity contribution in [2.75, 3.05) is 40.5 Å². The van der Waals surface area contributed by atoms with E-state index in [4.69, 9.17) is 18.9 Å². The molecule has 1 aliphatic rings. The van der Waals surface area contributed by atoms with E-state index in [1.165, 1.54) is 0 Å². The number of ether oxygens (including phenoxy) is 4. The van der Waals surface area contributed by atoms with Gasteiger partial charge in [0, 0.05) is 5.56 Å². The first-order valence-electron chi connectivity index (χ1n) is 8.59. The van der Waals surface area contributed by atoms with E-state index >= 15 is 0 Å². The predicted molar refractivity (Wildman–Crippen MR) is 100 cm³/mol. The molecule has 138 valence electrons. The second-order valence-corrected chi connectivity index (χ2v) is 5.84. The van der Waals surface area contributed by atoms with Gasteiger partial charge in [-0.15, -0.1) is 0 Å². The molecule has 1 saturated heterocycles. The van der Waals surface area contributed by atoms with Gasteiger partial charge in [-0.1, -0.05) is 30.3 Å². The van der Waals surface area contributed by atoms with Crippen LogP contribution in [-0.4, -0.2) is 51.7 Å². The number of nitrogens with zero attached hydrogens (tertiary/aromatic N) is 2. The fourth-order valence-corrected chi connectivity index (χ4v) is 2.66. The number of hydrogen-bond donors (Lipinski definition) is 0. The lowest BCUT2D eigenvalue weighted by Gasteiger charge is -2.23. The molecule has 0 bridgehead atoms. The van der Waals surface area contributed by atoms with Gasteiger partial charge in [-0.05, 0) is 17.7 Å². The van der Waals surface area contributed by atoms with Crippen LogP contribution in [0.2, 0.25) is 0 Å². The first-order valence-corrected chi connectivity index (χ1v) is 8.59. The van der Waals surface area contributed by atoms with E-state index in [1.807, 2.05) is 47.5 Å². The molecular formula is C20H24N2O4. The van der Waals surface area contributed by atoms with Crippen LogP contribution < -0.4 is 14.2 Å². The number of methoxy groups -OCH3 is 2. The highest BCUT2D eigenvalue weighted by atomic mass is 16.5. The van der Waals surface area contributed by atoms with E-state index in [2.05, 4.69) is 5.10 Å². The van der Waals surface area contributed by atoms with Gasteiger partial charge >= 0.3 is 0 Å². The van der Waals surface area contributed by atoms with Crippen molar-refractivity contribution in [3.05, 3.63) is 53.6 Å². The Bertz CT molecular complexity index is 703. The zero-order chi connectivity index (χ0) is 18.2. The Morgan fingerprint density at radius 3 is 2.31 bits per heavy atom. The highest BCUT2D eigenvalue weighted by Crippen LogP contribution is 2.38. The molecule has 0 radical (unpaired) electrons. The normalized spacial score (nSPS) is 14.5. The Hall–Kier alpha value is -2.73. The molecule has 1 heterocycles. The number of hydrazone groups is 1. The van der Waals surface area contributed by atoms with Crippen molar-refractivity contribution in [2.24, 2.45) is 5.10 Å². The first kappa shape index (κ1) is 18.1. The fourth-order valence-electron chi connectivity index (χ4n) is 2.66. The highest BCUT2D eigenvalue weighted by Gasteiger charge is 2.14. The van der Waals surface area contributed by atoms with Crippen LogP contribution in [0.25, 0.3) is 0 Å². The molecule has 1 aliphatic heterocycles. The first-order chi connectivity index (χ1) is 12.8. The van der Waals surface area contributed by atoms with Crippen LogP contribution >= 0.6 is 0 Å². The Morgan fingerprint density at radius 1 is 1.04 bits per heavy atom. The van der Waals surface area contributed by atoms with E-state index in [9.17, 15) is 0 Å². The molecule has 6 heteroatoms. The van der Waals surface area contributed by atoms with Gasteiger partial charge in [-0.2, -0.15) is 5.10 Å². The van der Waals surface area contributed by atoms with Gasteiger partial charge < -0.3 is 18.9 Å². The molecule has 0 amide bonds. The Morgan fingerprint density at radius 2 is 1.69 bits per heavy atom. The molecule has 0 aliphatic carbocycles. The minimum atomic E-state index is 0.439. The second-order valence-electron chi connectivity index (χ2n) is 5.84. The Balaban J connectivity index is 1.77. The molecule has 6 nitrogen and oxygen atoms in total. The summed E-state index contributed by atoms with van der Waals surface area (Å²) in [5.74, 6) is 1.81. The van der Waals surface area contributed by atoms with Crippen molar-refractivity contribution in [1.82, 2.24) is 5.01 Å². The van der Waals surface area contributed by atoms with E-state index in [1.54, 1.807) is 20.4 Å². The molecular weight excluding hydrogens is 332 g/mol. The van der Waals surface area contributed by atoms with Crippen LogP contribution in [0.1, 0.15) is 11.1 Å². The second kappa shape index (κ2) is 9.10. The lowest BCUT2D eigenvalue weighted by molar-refractivity contribution is 0.0397. The van der Waals surface area contributed by atoms with Gasteiger partial charge in [-0.25, -0.2) is 0 Å². The zero-order valence-corrected chi connectivity index (χ0v) is 15.2. The molecule has 3 rings (SSSR count). The monoisotopic (exact) mass is 356 g/mol. The summed E-state index contributed by atoms with van der Waals surface area (Å²) in [4.78, 5) is 0. The summed E-state index contributed by atoms with van der Waals surface area (Å²) in [7, 11) is 3.24. The molecule has 0 unspecified atom stereocenters. The van der Waals surface area contributed by atoms with Gasteiger partial charge in [0.2, 0.25) is 5.75 Å². The van der Waals surface area contributed by atoms with Crippen molar-refractivity contribution in [1.29, 1.82) is 0 Å². The third-order valence-corrected chi connectivity index (χ3v) is 4.07. The largest absolute Gasteiger partial charge is 0.493 e. The molecule has 2 aromatic rings. The van der Waals surface area contributed by atoms with E-state index in [0.717, 1.165) is 24.2 Å². The summed E-state index contributed by atoms with van der Waals surface area (Å²) in [6.07, 6.45) is 1.80. The molecule has 0 spiro atoms. The van der Waals surface area contributed by atoms with E-state index in [0.29, 0.717) is 37.1 Å². The van der Waals surface area contributed by atoms with Crippen LogP contribution in [0.3, 0.4) is 0 Å². The molecule has 1 fully saturated rings. The molecule has 0 aromatic heterocycles. The number of morpholine rings is 1. The third-order valence-electron chi connectivity index (χ3n) is 4.07. The van der Waals surface area contributed by atoms with Crippen molar-refractivity contribution in [2.45, 2.75) is 6.61 Å². The summed E-state index contributed by atoms with van der Waals surface area (Å²) in [5.41, 5.74) is 1.96. The molecule has 0 N–H and O–H groups in total. The van der Waals surface area contributed by atoms with Crippen molar-refractivity contribution in [3.63, 3.8) is 0 Å². The summed E-state index contributed by atoms with van der Waals surface area (Å²) in [5, 5.41) is 6.49. The smallest absolute Gasteiger partial charge is 0.203 e. The maximum absolute atomic E-state index is 5.96. The zero-order valence-electron chi connectivity index (χ0n) is 15.2. The maximum atomic E-state index is 5.96. The van der Waals surface area contributed by atoms with E-state index < -0.39 is 0 Å². The van der Waals surface area contributed by atoms with Crippen molar-refractivity contribution >= 4 is 6.21 Å². The molecule has 0 saturated carbocycles. The third kappa shape index (κ3) is 4.67. The summed E-state index contributed by atoms with van der Waals surface area (Å²) in [6.45, 7) is 3.44. The van der Waals surface area contributed by atoms with Gasteiger partial charge in [0.1, 0.15) is 6.61 Å². The van der Waals surface area contributed by atoms with Crippen molar-refractivity contribution in [3.8, 4) is 17.2 Å². The predicted octanol–water partition coefficient (Wildman–Crippen LogP) is 2.95. The van der Waals surface area contributed by atoms with Crippen LogP contribution in [-0.2, 0) is 11.3 Å². The number of rotatable bonds is 7. The lowest BCUT2D eigenvalue weighted by Crippen LogP contribution is -2.32. The minimum Gasteiger partial charge on any atom is -0.493 e. The Kier molecular flexibility index (Phi) is 6.33. The van der Waals surface area contributed by atoms with E-state index in [-0.39, 0.29) is 0 Å². The lowest BCUT2D eigenvalue weighted by atomic mass is 10.2. The van der Waals surface area contributed by atoms with Crippen LogP contribution in [0.5, 0.6) is 17.2 Å². The average molecular weight is 356 g/mol.